The van der Waals surface area contributed by atoms with Gasteiger partial charge in [-0.1, -0.05) is 30.3 Å². The van der Waals surface area contributed by atoms with Gasteiger partial charge in [0.15, 0.2) is 0 Å². The number of hydrogen-bond donors (Lipinski definition) is 1. The average molecular weight is 359 g/mol. The number of rotatable bonds is 4. The van der Waals surface area contributed by atoms with Gasteiger partial charge in [-0.2, -0.15) is 0 Å². The van der Waals surface area contributed by atoms with E-state index in [0.29, 0.717) is 12.2 Å². The summed E-state index contributed by atoms with van der Waals surface area (Å²) in [5.74, 6) is 0.868. The van der Waals surface area contributed by atoms with E-state index in [4.69, 9.17) is 4.98 Å². The molecule has 2 aromatic heterocycles. The molecule has 27 heavy (non-hydrogen) atoms. The van der Waals surface area contributed by atoms with E-state index in [1.165, 1.54) is 0 Å². The van der Waals surface area contributed by atoms with Gasteiger partial charge in [0, 0.05) is 25.2 Å². The van der Waals surface area contributed by atoms with E-state index in [1.807, 2.05) is 48.5 Å². The molecule has 0 aliphatic heterocycles. The highest BCUT2D eigenvalue weighted by Gasteiger charge is 2.16. The molecule has 0 saturated heterocycles. The zero-order valence-corrected chi connectivity index (χ0v) is 15.4. The summed E-state index contributed by atoms with van der Waals surface area (Å²) in [6.07, 6.45) is 1.73. The Morgan fingerprint density at radius 3 is 2.78 bits per heavy atom. The van der Waals surface area contributed by atoms with Gasteiger partial charge in [0.05, 0.1) is 28.8 Å². The van der Waals surface area contributed by atoms with Crippen LogP contribution in [-0.4, -0.2) is 32.5 Å². The Hall–Kier alpha value is -3.41. The van der Waals surface area contributed by atoms with Crippen LogP contribution in [0.2, 0.25) is 0 Å². The van der Waals surface area contributed by atoms with E-state index in [1.54, 1.807) is 18.1 Å². The number of nitrogens with zero attached hydrogens (tertiary/aromatic N) is 4. The van der Waals surface area contributed by atoms with Crippen molar-refractivity contribution in [2.24, 2.45) is 0 Å². The fourth-order valence-corrected chi connectivity index (χ4v) is 3.30. The first-order chi connectivity index (χ1) is 13.2. The second kappa shape index (κ2) is 7.07. The number of anilines is 1. The van der Waals surface area contributed by atoms with Crippen molar-refractivity contribution in [3.05, 3.63) is 66.6 Å². The maximum Gasteiger partial charge on any atom is 0.322 e. The quantitative estimate of drug-likeness (QED) is 0.592. The van der Waals surface area contributed by atoms with Gasteiger partial charge in [-0.05, 0) is 31.2 Å². The molecule has 2 amide bonds. The molecule has 0 unspecified atom stereocenters. The van der Waals surface area contributed by atoms with E-state index < -0.39 is 0 Å². The van der Waals surface area contributed by atoms with Crippen LogP contribution in [0.5, 0.6) is 0 Å². The van der Waals surface area contributed by atoms with Gasteiger partial charge in [0.1, 0.15) is 5.82 Å². The zero-order valence-electron chi connectivity index (χ0n) is 15.4. The minimum Gasteiger partial charge on any atom is -0.327 e. The molecule has 6 nitrogen and oxygen atoms in total. The van der Waals surface area contributed by atoms with Crippen molar-refractivity contribution in [2.75, 3.05) is 12.4 Å². The number of carbonyl (C=O) groups is 1. The Morgan fingerprint density at radius 2 is 1.93 bits per heavy atom. The highest BCUT2D eigenvalue weighted by Crippen LogP contribution is 2.21. The van der Waals surface area contributed by atoms with Crippen molar-refractivity contribution in [1.82, 2.24) is 19.4 Å². The summed E-state index contributed by atoms with van der Waals surface area (Å²) in [6, 6.07) is 17.4. The molecule has 136 valence electrons. The van der Waals surface area contributed by atoms with Crippen LogP contribution in [0.25, 0.3) is 21.9 Å². The third-order valence-corrected chi connectivity index (χ3v) is 4.65. The largest absolute Gasteiger partial charge is 0.327 e. The summed E-state index contributed by atoms with van der Waals surface area (Å²) in [4.78, 5) is 23.4. The van der Waals surface area contributed by atoms with Crippen molar-refractivity contribution in [2.45, 2.75) is 20.0 Å². The zero-order chi connectivity index (χ0) is 18.8. The monoisotopic (exact) mass is 359 g/mol. The summed E-state index contributed by atoms with van der Waals surface area (Å²) >= 11 is 0. The number of pyridine rings is 1. The van der Waals surface area contributed by atoms with Crippen LogP contribution >= 0.6 is 0 Å². The van der Waals surface area contributed by atoms with Crippen LogP contribution in [0.4, 0.5) is 10.5 Å². The first-order valence-corrected chi connectivity index (χ1v) is 8.97. The van der Waals surface area contributed by atoms with Gasteiger partial charge in [-0.25, -0.2) is 9.78 Å². The topological polar surface area (TPSA) is 63.1 Å². The Balaban J connectivity index is 1.56. The average Bonchev–Trinajstić information content (AvgIpc) is 3.05. The Morgan fingerprint density at radius 1 is 1.11 bits per heavy atom. The second-order valence-corrected chi connectivity index (χ2v) is 6.43. The van der Waals surface area contributed by atoms with E-state index >= 15 is 0 Å². The lowest BCUT2D eigenvalue weighted by atomic mass is 10.2. The molecule has 0 spiro atoms. The van der Waals surface area contributed by atoms with Gasteiger partial charge in [0.2, 0.25) is 0 Å². The number of hydrogen-bond acceptors (Lipinski definition) is 3. The molecule has 0 fully saturated rings. The molecule has 6 heteroatoms. The van der Waals surface area contributed by atoms with Gasteiger partial charge in [0.25, 0.3) is 0 Å². The third kappa shape index (κ3) is 3.21. The first kappa shape index (κ1) is 17.0. The van der Waals surface area contributed by atoms with Crippen molar-refractivity contribution in [1.29, 1.82) is 0 Å². The van der Waals surface area contributed by atoms with Crippen molar-refractivity contribution in [3.8, 4) is 0 Å². The molecule has 2 heterocycles. The minimum absolute atomic E-state index is 0.192. The van der Waals surface area contributed by atoms with Gasteiger partial charge in [-0.3, -0.25) is 4.98 Å². The molecule has 0 radical (unpaired) electrons. The number of benzene rings is 2. The van der Waals surface area contributed by atoms with Crippen molar-refractivity contribution < 1.29 is 4.79 Å². The normalized spacial score (nSPS) is 11.0. The number of nitrogens with one attached hydrogen (secondary N) is 1. The lowest BCUT2D eigenvalue weighted by Gasteiger charge is -2.18. The van der Waals surface area contributed by atoms with E-state index in [2.05, 4.69) is 27.9 Å². The second-order valence-electron chi connectivity index (χ2n) is 6.43. The molecule has 0 atom stereocenters. The molecule has 2 aromatic carbocycles. The number of para-hydroxylation sites is 3. The van der Waals surface area contributed by atoms with Crippen LogP contribution in [-0.2, 0) is 13.1 Å². The van der Waals surface area contributed by atoms with Crippen molar-refractivity contribution >= 4 is 33.7 Å². The maximum absolute atomic E-state index is 12.7. The van der Waals surface area contributed by atoms with E-state index in [9.17, 15) is 4.79 Å². The number of urea groups is 1. The van der Waals surface area contributed by atoms with E-state index in [-0.39, 0.29) is 6.03 Å². The Kier molecular flexibility index (Phi) is 4.46. The molecule has 0 aliphatic rings. The number of aryl methyl sites for hydroxylation is 1. The third-order valence-electron chi connectivity index (χ3n) is 4.65. The summed E-state index contributed by atoms with van der Waals surface area (Å²) < 4.78 is 2.14. The molecule has 4 rings (SSSR count). The molecule has 4 aromatic rings. The Bertz CT molecular complexity index is 1110. The molecule has 1 N–H and O–H groups in total. The fraction of sp³-hybridized carbons (Fsp3) is 0.190. The molecular formula is C21H21N5O. The van der Waals surface area contributed by atoms with Gasteiger partial charge < -0.3 is 14.8 Å². The standard InChI is InChI=1S/C21H21N5O/c1-3-26-18-12-5-4-10-16(18)23-19(26)14-25(2)21(27)24-17-11-6-8-15-9-7-13-22-20(15)17/h4-13H,3,14H2,1-2H3,(H,24,27). The predicted molar refractivity (Wildman–Crippen MR) is 108 cm³/mol. The number of aromatic nitrogens is 3. The van der Waals surface area contributed by atoms with Crippen LogP contribution in [0.1, 0.15) is 12.7 Å². The number of carbonyl (C=O) groups excluding carboxylic acids is 1. The fourth-order valence-electron chi connectivity index (χ4n) is 3.30. The van der Waals surface area contributed by atoms with Gasteiger partial charge >= 0.3 is 6.03 Å². The molecule has 0 saturated carbocycles. The molecule has 0 aliphatic carbocycles. The SMILES string of the molecule is CCn1c(CN(C)C(=O)Nc2cccc3cccnc23)nc2ccccc21. The number of imidazole rings is 1. The van der Waals surface area contributed by atoms with E-state index in [0.717, 1.165) is 34.3 Å². The first-order valence-electron chi connectivity index (χ1n) is 8.97. The summed E-state index contributed by atoms with van der Waals surface area (Å²) in [6.45, 7) is 3.31. The van der Waals surface area contributed by atoms with Crippen molar-refractivity contribution in [3.63, 3.8) is 0 Å². The van der Waals surface area contributed by atoms with Crippen LogP contribution < -0.4 is 5.32 Å². The highest BCUT2D eigenvalue weighted by atomic mass is 16.2. The molecule has 0 bridgehead atoms. The van der Waals surface area contributed by atoms with Crippen LogP contribution in [0, 0.1) is 0 Å². The smallest absolute Gasteiger partial charge is 0.322 e. The summed E-state index contributed by atoms with van der Waals surface area (Å²) in [7, 11) is 1.77. The van der Waals surface area contributed by atoms with Gasteiger partial charge in [-0.15, -0.1) is 0 Å². The lowest BCUT2D eigenvalue weighted by molar-refractivity contribution is 0.219. The van der Waals surface area contributed by atoms with Crippen LogP contribution in [0.3, 0.4) is 0 Å². The highest BCUT2D eigenvalue weighted by molar-refractivity contribution is 5.99. The number of fused-ring (bicyclic) bond motifs is 2. The predicted octanol–water partition coefficient (Wildman–Crippen LogP) is 4.27. The molecular weight excluding hydrogens is 338 g/mol. The van der Waals surface area contributed by atoms with Crippen LogP contribution in [0.15, 0.2) is 60.8 Å². The Labute approximate surface area is 157 Å². The summed E-state index contributed by atoms with van der Waals surface area (Å²) in [5.41, 5.74) is 3.51. The maximum atomic E-state index is 12.7. The minimum atomic E-state index is -0.192. The lowest BCUT2D eigenvalue weighted by Crippen LogP contribution is -2.32. The summed E-state index contributed by atoms with van der Waals surface area (Å²) in [5, 5.41) is 3.96. The number of amides is 2.